The topological polar surface area (TPSA) is 86.8 Å². The van der Waals surface area contributed by atoms with Crippen LogP contribution in [0.4, 0.5) is 5.69 Å². The van der Waals surface area contributed by atoms with Crippen molar-refractivity contribution in [3.8, 4) is 0 Å². The Morgan fingerprint density at radius 3 is 2.04 bits per heavy atom. The molecule has 236 valence electrons. The standard InChI is InChI=1S/C36H40ClN3O4S/c1-5-29-15-10-12-18-33(29)40(45(43,44)31-21-19-27(4)20-22-31)25-35(41)39(24-30-16-9-11-17-32(30)37)34(36(42)38-26(2)3)23-28-13-7-6-8-14-28/h6-22,26,34H,5,23-25H2,1-4H3,(H,38,42). The summed E-state index contributed by atoms with van der Waals surface area (Å²) in [4.78, 5) is 29.9. The van der Waals surface area contributed by atoms with E-state index in [2.05, 4.69) is 5.32 Å². The van der Waals surface area contributed by atoms with Gasteiger partial charge in [-0.15, -0.1) is 0 Å². The molecule has 4 aromatic rings. The third kappa shape index (κ3) is 8.53. The molecule has 1 unspecified atom stereocenters. The number of sulfonamides is 1. The van der Waals surface area contributed by atoms with E-state index in [0.717, 1.165) is 16.7 Å². The number of carbonyl (C=O) groups excluding carboxylic acids is 2. The van der Waals surface area contributed by atoms with Gasteiger partial charge in [0.15, 0.2) is 0 Å². The summed E-state index contributed by atoms with van der Waals surface area (Å²) in [7, 11) is -4.18. The maximum atomic E-state index is 14.6. The third-order valence-corrected chi connectivity index (χ3v) is 9.67. The molecule has 0 aromatic heterocycles. The average Bonchev–Trinajstić information content (AvgIpc) is 3.02. The van der Waals surface area contributed by atoms with Gasteiger partial charge in [-0.2, -0.15) is 0 Å². The van der Waals surface area contributed by atoms with Gasteiger partial charge in [-0.1, -0.05) is 103 Å². The maximum absolute atomic E-state index is 14.6. The molecule has 0 fully saturated rings. The predicted octanol–water partition coefficient (Wildman–Crippen LogP) is 6.57. The summed E-state index contributed by atoms with van der Waals surface area (Å²) in [5.74, 6) is -0.868. The van der Waals surface area contributed by atoms with E-state index in [1.807, 2.05) is 76.2 Å². The van der Waals surface area contributed by atoms with Crippen molar-refractivity contribution in [2.45, 2.75) is 64.1 Å². The third-order valence-electron chi connectivity index (χ3n) is 7.53. The van der Waals surface area contributed by atoms with E-state index in [4.69, 9.17) is 11.6 Å². The zero-order chi connectivity index (χ0) is 32.6. The van der Waals surface area contributed by atoms with Crippen LogP contribution in [0.1, 0.15) is 43.0 Å². The summed E-state index contributed by atoms with van der Waals surface area (Å²) < 4.78 is 29.7. The highest BCUT2D eigenvalue weighted by molar-refractivity contribution is 7.92. The lowest BCUT2D eigenvalue weighted by Gasteiger charge is -2.34. The number of carbonyl (C=O) groups is 2. The number of aryl methyl sites for hydroxylation is 2. The molecule has 45 heavy (non-hydrogen) atoms. The van der Waals surface area contributed by atoms with Gasteiger partial charge in [-0.3, -0.25) is 13.9 Å². The van der Waals surface area contributed by atoms with Crippen LogP contribution < -0.4 is 9.62 Å². The number of anilines is 1. The number of amides is 2. The Bertz CT molecular complexity index is 1710. The van der Waals surface area contributed by atoms with Gasteiger partial charge in [0.05, 0.1) is 10.6 Å². The van der Waals surface area contributed by atoms with E-state index in [9.17, 15) is 18.0 Å². The van der Waals surface area contributed by atoms with E-state index >= 15 is 0 Å². The molecule has 9 heteroatoms. The highest BCUT2D eigenvalue weighted by Gasteiger charge is 2.35. The molecule has 4 aromatic carbocycles. The van der Waals surface area contributed by atoms with Gasteiger partial charge < -0.3 is 10.2 Å². The van der Waals surface area contributed by atoms with Gasteiger partial charge in [-0.25, -0.2) is 8.42 Å². The SMILES string of the molecule is CCc1ccccc1N(CC(=O)N(Cc1ccccc1Cl)C(Cc1ccccc1)C(=O)NC(C)C)S(=O)(=O)c1ccc(C)cc1. The van der Waals surface area contributed by atoms with E-state index in [-0.39, 0.29) is 29.8 Å². The van der Waals surface area contributed by atoms with Crippen molar-refractivity contribution in [1.29, 1.82) is 0 Å². The van der Waals surface area contributed by atoms with Crippen molar-refractivity contribution >= 4 is 39.1 Å². The summed E-state index contributed by atoms with van der Waals surface area (Å²) in [5, 5.41) is 3.41. The highest BCUT2D eigenvalue weighted by Crippen LogP contribution is 2.29. The molecule has 7 nitrogen and oxygen atoms in total. The van der Waals surface area contributed by atoms with Crippen LogP contribution in [0.2, 0.25) is 5.02 Å². The zero-order valence-electron chi connectivity index (χ0n) is 26.1. The van der Waals surface area contributed by atoms with Gasteiger partial charge in [0, 0.05) is 24.0 Å². The Kier molecular flexibility index (Phi) is 11.4. The monoisotopic (exact) mass is 645 g/mol. The van der Waals surface area contributed by atoms with Crippen LogP contribution in [0.3, 0.4) is 0 Å². The summed E-state index contributed by atoms with van der Waals surface area (Å²) in [5.41, 5.74) is 3.61. The minimum atomic E-state index is -4.18. The number of hydrogen-bond acceptors (Lipinski definition) is 4. The van der Waals surface area contributed by atoms with Crippen molar-refractivity contribution in [2.24, 2.45) is 0 Å². The molecule has 0 bridgehead atoms. The van der Waals surface area contributed by atoms with E-state index in [1.165, 1.54) is 9.21 Å². The first-order chi connectivity index (χ1) is 21.5. The smallest absolute Gasteiger partial charge is 0.264 e. The molecule has 0 saturated heterocycles. The second-order valence-corrected chi connectivity index (χ2v) is 13.6. The first-order valence-corrected chi connectivity index (χ1v) is 16.9. The van der Waals surface area contributed by atoms with Crippen molar-refractivity contribution in [1.82, 2.24) is 10.2 Å². The van der Waals surface area contributed by atoms with Crippen LogP contribution >= 0.6 is 11.6 Å². The van der Waals surface area contributed by atoms with E-state index < -0.39 is 28.5 Å². The van der Waals surface area contributed by atoms with Crippen molar-refractivity contribution in [3.63, 3.8) is 0 Å². The number of hydrogen-bond donors (Lipinski definition) is 1. The first-order valence-electron chi connectivity index (χ1n) is 15.1. The van der Waals surface area contributed by atoms with E-state index in [1.54, 1.807) is 54.6 Å². The van der Waals surface area contributed by atoms with Crippen LogP contribution in [0.25, 0.3) is 0 Å². The number of benzene rings is 4. The summed E-state index contributed by atoms with van der Waals surface area (Å²) in [6.07, 6.45) is 0.785. The predicted molar refractivity (Wildman–Crippen MR) is 181 cm³/mol. The first kappa shape index (κ1) is 33.7. The molecule has 0 aliphatic carbocycles. The molecule has 0 saturated carbocycles. The summed E-state index contributed by atoms with van der Waals surface area (Å²) in [6.45, 7) is 7.02. The molecule has 0 aliphatic heterocycles. The normalized spacial score (nSPS) is 12.0. The average molecular weight is 646 g/mol. The minimum Gasteiger partial charge on any atom is -0.352 e. The quantitative estimate of drug-likeness (QED) is 0.178. The fourth-order valence-corrected chi connectivity index (χ4v) is 6.80. The number of para-hydroxylation sites is 1. The Labute approximate surface area is 271 Å². The second kappa shape index (κ2) is 15.2. The van der Waals surface area contributed by atoms with Crippen LogP contribution in [-0.4, -0.2) is 43.8 Å². The Morgan fingerprint density at radius 2 is 1.42 bits per heavy atom. The summed E-state index contributed by atoms with van der Waals surface area (Å²) in [6, 6.07) is 29.2. The van der Waals surface area contributed by atoms with Gasteiger partial charge in [0.2, 0.25) is 11.8 Å². The zero-order valence-corrected chi connectivity index (χ0v) is 27.7. The molecule has 4 rings (SSSR count). The Balaban J connectivity index is 1.84. The molecule has 0 radical (unpaired) electrons. The van der Waals surface area contributed by atoms with Crippen LogP contribution in [0, 0.1) is 6.92 Å². The Morgan fingerprint density at radius 1 is 0.822 bits per heavy atom. The molecular formula is C36H40ClN3O4S. The molecule has 0 heterocycles. The summed E-state index contributed by atoms with van der Waals surface area (Å²) >= 11 is 6.56. The lowest BCUT2D eigenvalue weighted by Crippen LogP contribution is -2.54. The fraction of sp³-hybridized carbons (Fsp3) is 0.278. The van der Waals surface area contributed by atoms with E-state index in [0.29, 0.717) is 22.7 Å². The lowest BCUT2D eigenvalue weighted by atomic mass is 10.0. The maximum Gasteiger partial charge on any atom is 0.264 e. The molecule has 1 N–H and O–H groups in total. The molecular weight excluding hydrogens is 606 g/mol. The minimum absolute atomic E-state index is 0.00929. The number of rotatable bonds is 13. The van der Waals surface area contributed by atoms with Crippen molar-refractivity contribution < 1.29 is 18.0 Å². The van der Waals surface area contributed by atoms with Gasteiger partial charge in [0.1, 0.15) is 12.6 Å². The highest BCUT2D eigenvalue weighted by atomic mass is 35.5. The Hall–Kier alpha value is -4.14. The van der Waals surface area contributed by atoms with Gasteiger partial charge >= 0.3 is 0 Å². The number of halogens is 1. The number of nitrogens with zero attached hydrogens (tertiary/aromatic N) is 2. The molecule has 2 amide bonds. The largest absolute Gasteiger partial charge is 0.352 e. The molecule has 1 atom stereocenters. The number of nitrogens with one attached hydrogen (secondary N) is 1. The van der Waals surface area contributed by atoms with Crippen LogP contribution in [0.15, 0.2) is 108 Å². The van der Waals surface area contributed by atoms with Crippen molar-refractivity contribution in [3.05, 3.63) is 130 Å². The molecule has 0 spiro atoms. The lowest BCUT2D eigenvalue weighted by molar-refractivity contribution is -0.140. The van der Waals surface area contributed by atoms with Gasteiger partial charge in [-0.05, 0) is 68.1 Å². The van der Waals surface area contributed by atoms with Crippen LogP contribution in [-0.2, 0) is 39.0 Å². The van der Waals surface area contributed by atoms with Crippen molar-refractivity contribution in [2.75, 3.05) is 10.8 Å². The second-order valence-electron chi connectivity index (χ2n) is 11.3. The molecule has 0 aliphatic rings. The van der Waals surface area contributed by atoms with Gasteiger partial charge in [0.25, 0.3) is 10.0 Å². The van der Waals surface area contributed by atoms with Crippen LogP contribution in [0.5, 0.6) is 0 Å². The fourth-order valence-electron chi connectivity index (χ4n) is 5.15.